The summed E-state index contributed by atoms with van der Waals surface area (Å²) in [5.41, 5.74) is 0. The van der Waals surface area contributed by atoms with Gasteiger partial charge in [-0.3, -0.25) is 4.79 Å². The zero-order valence-electron chi connectivity index (χ0n) is 13.8. The Morgan fingerprint density at radius 1 is 1.21 bits per heavy atom. The van der Waals surface area contributed by atoms with E-state index >= 15 is 0 Å². The molecule has 0 spiro atoms. The van der Waals surface area contributed by atoms with Gasteiger partial charge in [0.15, 0.2) is 0 Å². The highest BCUT2D eigenvalue weighted by molar-refractivity contribution is 9.11. The highest BCUT2D eigenvalue weighted by Crippen LogP contribution is 2.31. The number of carbonyl (C=O) groups is 1. The Balaban J connectivity index is 1.69. The molecule has 24 heavy (non-hydrogen) atoms. The molecule has 0 bridgehead atoms. The number of likely N-dealkylation sites (tertiary alicyclic amines) is 1. The lowest BCUT2D eigenvalue weighted by atomic mass is 9.94. The second-order valence-electron chi connectivity index (χ2n) is 6.77. The molecule has 1 aromatic heterocycles. The molecule has 0 saturated carbocycles. The van der Waals surface area contributed by atoms with Crippen molar-refractivity contribution in [2.24, 2.45) is 11.8 Å². The van der Waals surface area contributed by atoms with Crippen molar-refractivity contribution in [2.45, 2.75) is 36.8 Å². The van der Waals surface area contributed by atoms with E-state index in [2.05, 4.69) is 22.9 Å². The first-order chi connectivity index (χ1) is 11.4. The number of carbonyl (C=O) groups excluding carboxylic acids is 1. The standard InChI is InChI=1S/C16H23BrN2O3S2/c1-12-6-9-18(10-7-12)16(20)13-3-2-8-19(11-13)24(21,22)15-5-4-14(17)23-15/h4-5,12-13H,2-3,6-11H2,1H3/t13-/m1/s1. The van der Waals surface area contributed by atoms with Gasteiger partial charge >= 0.3 is 0 Å². The Bertz CT molecular complexity index is 696. The number of rotatable bonds is 3. The summed E-state index contributed by atoms with van der Waals surface area (Å²) in [4.78, 5) is 14.7. The van der Waals surface area contributed by atoms with Crippen LogP contribution in [0, 0.1) is 11.8 Å². The minimum atomic E-state index is -3.50. The van der Waals surface area contributed by atoms with E-state index in [0.29, 0.717) is 23.2 Å². The first-order valence-electron chi connectivity index (χ1n) is 8.42. The molecule has 1 atom stereocenters. The van der Waals surface area contributed by atoms with Crippen molar-refractivity contribution in [3.63, 3.8) is 0 Å². The highest BCUT2D eigenvalue weighted by atomic mass is 79.9. The zero-order chi connectivity index (χ0) is 17.3. The molecule has 3 heterocycles. The Kier molecular flexibility index (Phi) is 5.68. The van der Waals surface area contributed by atoms with E-state index in [4.69, 9.17) is 0 Å². The molecule has 0 aromatic carbocycles. The maximum Gasteiger partial charge on any atom is 0.252 e. The molecule has 0 unspecified atom stereocenters. The molecule has 8 heteroatoms. The third-order valence-corrected chi connectivity index (χ3v) is 8.93. The smallest absolute Gasteiger partial charge is 0.252 e. The van der Waals surface area contributed by atoms with Gasteiger partial charge in [0.1, 0.15) is 4.21 Å². The summed E-state index contributed by atoms with van der Waals surface area (Å²) in [5.74, 6) is 0.606. The maximum atomic E-state index is 12.8. The van der Waals surface area contributed by atoms with Crippen LogP contribution in [0.2, 0.25) is 0 Å². The van der Waals surface area contributed by atoms with Gasteiger partial charge in [-0.05, 0) is 59.7 Å². The van der Waals surface area contributed by atoms with Crippen molar-refractivity contribution in [3.8, 4) is 0 Å². The van der Waals surface area contributed by atoms with Gasteiger partial charge in [0.2, 0.25) is 5.91 Å². The Morgan fingerprint density at radius 2 is 1.92 bits per heavy atom. The largest absolute Gasteiger partial charge is 0.342 e. The van der Waals surface area contributed by atoms with Crippen molar-refractivity contribution in [3.05, 3.63) is 15.9 Å². The molecular weight excluding hydrogens is 412 g/mol. The van der Waals surface area contributed by atoms with E-state index in [1.807, 2.05) is 4.90 Å². The van der Waals surface area contributed by atoms with Crippen LogP contribution in [0.3, 0.4) is 0 Å². The van der Waals surface area contributed by atoms with E-state index < -0.39 is 10.0 Å². The molecule has 2 saturated heterocycles. The van der Waals surface area contributed by atoms with Gasteiger partial charge in [-0.15, -0.1) is 11.3 Å². The summed E-state index contributed by atoms with van der Waals surface area (Å²) in [6.07, 6.45) is 3.62. The molecule has 5 nitrogen and oxygen atoms in total. The normalized spacial score (nSPS) is 24.2. The third kappa shape index (κ3) is 3.86. The molecule has 2 fully saturated rings. The van der Waals surface area contributed by atoms with Crippen LogP contribution < -0.4 is 0 Å². The summed E-state index contributed by atoms with van der Waals surface area (Å²) in [7, 11) is -3.50. The van der Waals surface area contributed by atoms with E-state index in [-0.39, 0.29) is 11.8 Å². The van der Waals surface area contributed by atoms with Crippen molar-refractivity contribution >= 4 is 43.2 Å². The van der Waals surface area contributed by atoms with Gasteiger partial charge in [0, 0.05) is 26.2 Å². The van der Waals surface area contributed by atoms with Crippen LogP contribution in [0.4, 0.5) is 0 Å². The fourth-order valence-electron chi connectivity index (χ4n) is 3.41. The average Bonchev–Trinajstić information content (AvgIpc) is 3.02. The second kappa shape index (κ2) is 7.43. The van der Waals surface area contributed by atoms with Crippen LogP contribution in [0.15, 0.2) is 20.1 Å². The molecule has 0 aliphatic carbocycles. The highest BCUT2D eigenvalue weighted by Gasteiger charge is 2.36. The number of hydrogen-bond acceptors (Lipinski definition) is 4. The SMILES string of the molecule is CC1CCN(C(=O)[C@@H]2CCCN(S(=O)(=O)c3ccc(Br)s3)C2)CC1. The van der Waals surface area contributed by atoms with Crippen molar-refractivity contribution in [1.29, 1.82) is 0 Å². The molecular formula is C16H23BrN2O3S2. The monoisotopic (exact) mass is 434 g/mol. The topological polar surface area (TPSA) is 57.7 Å². The van der Waals surface area contributed by atoms with Crippen molar-refractivity contribution in [2.75, 3.05) is 26.2 Å². The van der Waals surface area contributed by atoms with Crippen molar-refractivity contribution < 1.29 is 13.2 Å². The maximum absolute atomic E-state index is 12.8. The number of sulfonamides is 1. The molecule has 0 N–H and O–H groups in total. The number of thiophene rings is 1. The van der Waals surface area contributed by atoms with Crippen LogP contribution in [-0.2, 0) is 14.8 Å². The average molecular weight is 435 g/mol. The molecule has 1 aromatic rings. The Labute approximate surface area is 156 Å². The fraction of sp³-hybridized carbons (Fsp3) is 0.688. The third-order valence-electron chi connectivity index (χ3n) is 4.97. The first-order valence-corrected chi connectivity index (χ1v) is 11.5. The van der Waals surface area contributed by atoms with E-state index in [0.717, 1.165) is 42.6 Å². The Hall–Kier alpha value is -0.440. The minimum Gasteiger partial charge on any atom is -0.342 e. The zero-order valence-corrected chi connectivity index (χ0v) is 17.0. The first kappa shape index (κ1) is 18.4. The number of piperidine rings is 2. The lowest BCUT2D eigenvalue weighted by molar-refractivity contribution is -0.138. The number of amides is 1. The van der Waals surface area contributed by atoms with Gasteiger partial charge < -0.3 is 4.90 Å². The quantitative estimate of drug-likeness (QED) is 0.733. The summed E-state index contributed by atoms with van der Waals surface area (Å²) < 4.78 is 28.2. The molecule has 2 aliphatic heterocycles. The molecule has 134 valence electrons. The molecule has 0 radical (unpaired) electrons. The summed E-state index contributed by atoms with van der Waals surface area (Å²) in [6, 6.07) is 3.38. The Morgan fingerprint density at radius 3 is 2.54 bits per heavy atom. The number of nitrogens with zero attached hydrogens (tertiary/aromatic N) is 2. The molecule has 3 rings (SSSR count). The van der Waals surface area contributed by atoms with Gasteiger partial charge in [-0.1, -0.05) is 6.92 Å². The van der Waals surface area contributed by atoms with E-state index in [9.17, 15) is 13.2 Å². The molecule has 1 amide bonds. The minimum absolute atomic E-state index is 0.133. The van der Waals surface area contributed by atoms with E-state index in [1.54, 1.807) is 12.1 Å². The number of halogens is 1. The van der Waals surface area contributed by atoms with Gasteiger partial charge in [0.25, 0.3) is 10.0 Å². The van der Waals surface area contributed by atoms with Crippen LogP contribution in [0.25, 0.3) is 0 Å². The summed E-state index contributed by atoms with van der Waals surface area (Å²) >= 11 is 4.53. The van der Waals surface area contributed by atoms with Gasteiger partial charge in [-0.25, -0.2) is 8.42 Å². The van der Waals surface area contributed by atoms with Crippen LogP contribution in [0.5, 0.6) is 0 Å². The second-order valence-corrected chi connectivity index (χ2v) is 11.4. The van der Waals surface area contributed by atoms with Crippen molar-refractivity contribution in [1.82, 2.24) is 9.21 Å². The summed E-state index contributed by atoms with van der Waals surface area (Å²) in [6.45, 7) is 4.64. The van der Waals surface area contributed by atoms with Crippen LogP contribution in [-0.4, -0.2) is 49.7 Å². The lowest BCUT2D eigenvalue weighted by Gasteiger charge is -2.36. The predicted octanol–water partition coefficient (Wildman–Crippen LogP) is 3.17. The predicted molar refractivity (Wildman–Crippen MR) is 98.5 cm³/mol. The molecule has 2 aliphatic rings. The van der Waals surface area contributed by atoms with Crippen LogP contribution >= 0.6 is 27.3 Å². The lowest BCUT2D eigenvalue weighted by Crippen LogP contribution is -2.48. The fourth-order valence-corrected chi connectivity index (χ4v) is 7.10. The van der Waals surface area contributed by atoms with Crippen LogP contribution in [0.1, 0.15) is 32.6 Å². The summed E-state index contributed by atoms with van der Waals surface area (Å²) in [5, 5.41) is 0. The number of hydrogen-bond donors (Lipinski definition) is 0. The van der Waals surface area contributed by atoms with E-state index in [1.165, 1.54) is 15.6 Å². The van der Waals surface area contributed by atoms with Gasteiger partial charge in [0.05, 0.1) is 9.70 Å². The van der Waals surface area contributed by atoms with Gasteiger partial charge in [-0.2, -0.15) is 4.31 Å².